The number of allylic oxidation sites excluding steroid dienone is 2. The zero-order chi connectivity index (χ0) is 20.8. The van der Waals surface area contributed by atoms with Crippen LogP contribution in [0.1, 0.15) is 69.8 Å². The summed E-state index contributed by atoms with van der Waals surface area (Å²) in [5.41, 5.74) is 2.66. The highest BCUT2D eigenvalue weighted by molar-refractivity contribution is 6.16. The zero-order valence-electron chi connectivity index (χ0n) is 18.6. The highest BCUT2D eigenvalue weighted by Gasteiger charge is 2.20. The van der Waals surface area contributed by atoms with Gasteiger partial charge in [0, 0.05) is 41.8 Å². The molecule has 4 heteroatoms. The van der Waals surface area contributed by atoms with Gasteiger partial charge < -0.3 is 14.8 Å². The van der Waals surface area contributed by atoms with Crippen LogP contribution in [0.5, 0.6) is 0 Å². The molecule has 0 atom stereocenters. The van der Waals surface area contributed by atoms with Crippen LogP contribution in [-0.2, 0) is 0 Å². The number of likely N-dealkylation sites (tertiary alicyclic amines) is 1. The second-order valence-corrected chi connectivity index (χ2v) is 8.54. The number of benzene rings is 1. The molecule has 0 radical (unpaired) electrons. The van der Waals surface area contributed by atoms with Crippen molar-refractivity contribution in [2.24, 2.45) is 5.92 Å². The summed E-state index contributed by atoms with van der Waals surface area (Å²) in [5, 5.41) is 4.49. The Kier molecular flexibility index (Phi) is 7.54. The highest BCUT2D eigenvalue weighted by Crippen LogP contribution is 2.26. The minimum absolute atomic E-state index is 0.104. The summed E-state index contributed by atoms with van der Waals surface area (Å²) in [6.07, 6.45) is 8.82. The molecule has 0 amide bonds. The average molecular weight is 396 g/mol. The van der Waals surface area contributed by atoms with E-state index in [-0.39, 0.29) is 5.78 Å². The van der Waals surface area contributed by atoms with Crippen molar-refractivity contribution in [3.05, 3.63) is 47.8 Å². The first kappa shape index (κ1) is 21.6. The van der Waals surface area contributed by atoms with Crippen molar-refractivity contribution in [1.82, 2.24) is 14.8 Å². The normalized spacial score (nSPS) is 16.7. The van der Waals surface area contributed by atoms with Crippen molar-refractivity contribution in [2.45, 2.75) is 59.4 Å². The first-order valence-corrected chi connectivity index (χ1v) is 11.4. The summed E-state index contributed by atoms with van der Waals surface area (Å²) < 4.78 is 2.20. The number of hydrogen-bond acceptors (Lipinski definition) is 3. The summed E-state index contributed by atoms with van der Waals surface area (Å²) in [5.74, 6) is 1.00. The van der Waals surface area contributed by atoms with Crippen LogP contribution in [0.3, 0.4) is 0 Å². The molecule has 0 saturated carbocycles. The van der Waals surface area contributed by atoms with Gasteiger partial charge in [0.25, 0.3) is 0 Å². The molecule has 1 aromatic heterocycles. The number of Topliss-reactive ketones (excluding diaryl/α,β-unsaturated/α-hetero) is 1. The summed E-state index contributed by atoms with van der Waals surface area (Å²) in [7, 11) is 0. The average Bonchev–Trinajstić information content (AvgIpc) is 3.13. The van der Waals surface area contributed by atoms with E-state index in [1.807, 2.05) is 24.4 Å². The Balaban J connectivity index is 1.69. The second-order valence-electron chi connectivity index (χ2n) is 8.54. The van der Waals surface area contributed by atoms with Crippen molar-refractivity contribution >= 4 is 16.7 Å². The fourth-order valence-electron chi connectivity index (χ4n) is 4.37. The van der Waals surface area contributed by atoms with Gasteiger partial charge in [-0.15, -0.1) is 0 Å². The van der Waals surface area contributed by atoms with E-state index in [1.165, 1.54) is 32.4 Å². The van der Waals surface area contributed by atoms with Crippen LogP contribution < -0.4 is 5.32 Å². The van der Waals surface area contributed by atoms with Crippen molar-refractivity contribution in [2.75, 3.05) is 26.2 Å². The number of rotatable bonds is 9. The van der Waals surface area contributed by atoms with Crippen molar-refractivity contribution in [3.8, 4) is 0 Å². The number of carbonyl (C=O) groups excluding carboxylic acids is 1. The lowest BCUT2D eigenvalue weighted by atomic mass is 9.94. The van der Waals surface area contributed by atoms with Crippen molar-refractivity contribution < 1.29 is 4.79 Å². The molecule has 1 fully saturated rings. The van der Waals surface area contributed by atoms with Crippen LogP contribution in [0.25, 0.3) is 10.9 Å². The molecule has 0 unspecified atom stereocenters. The summed E-state index contributed by atoms with van der Waals surface area (Å²) in [6.45, 7) is 12.9. The number of para-hydroxylation sites is 1. The van der Waals surface area contributed by atoms with Gasteiger partial charge in [0.1, 0.15) is 0 Å². The first-order chi connectivity index (χ1) is 14.0. The summed E-state index contributed by atoms with van der Waals surface area (Å²) in [6, 6.07) is 8.53. The molecule has 0 bridgehead atoms. The zero-order valence-corrected chi connectivity index (χ0v) is 18.6. The monoisotopic (exact) mass is 395 g/mol. The summed E-state index contributed by atoms with van der Waals surface area (Å²) in [4.78, 5) is 15.9. The molecule has 2 aromatic rings. The number of nitrogens with one attached hydrogen (secondary N) is 1. The third-order valence-electron chi connectivity index (χ3n) is 6.22. The molecule has 2 heterocycles. The van der Waals surface area contributed by atoms with Crippen LogP contribution in [0.4, 0.5) is 0 Å². The van der Waals surface area contributed by atoms with Gasteiger partial charge in [0.05, 0.1) is 5.70 Å². The molecule has 0 aliphatic carbocycles. The molecule has 4 nitrogen and oxygen atoms in total. The van der Waals surface area contributed by atoms with Gasteiger partial charge in [0.2, 0.25) is 5.78 Å². The third-order valence-corrected chi connectivity index (χ3v) is 6.22. The fourth-order valence-corrected chi connectivity index (χ4v) is 4.37. The van der Waals surface area contributed by atoms with Gasteiger partial charge in [-0.25, -0.2) is 0 Å². The van der Waals surface area contributed by atoms with Crippen molar-refractivity contribution in [1.29, 1.82) is 0 Å². The molecule has 3 rings (SSSR count). The predicted molar refractivity (Wildman–Crippen MR) is 122 cm³/mol. The topological polar surface area (TPSA) is 37.3 Å². The van der Waals surface area contributed by atoms with Crippen LogP contribution in [0.2, 0.25) is 0 Å². The Morgan fingerprint density at radius 1 is 1.21 bits per heavy atom. The standard InChI is InChI=1S/C25H37N3O/c1-5-9-23(26-14-17-27-15-12-20(6-2)13-16-27)25(29)22-18-28(19(3)4)24-11-8-7-10-21(22)24/h7-11,18-20,26H,5-6,12-17H2,1-4H3/b23-9-. The van der Waals surface area contributed by atoms with Gasteiger partial charge in [-0.1, -0.05) is 44.5 Å². The molecule has 1 saturated heterocycles. The fraction of sp³-hybridized carbons (Fsp3) is 0.560. The van der Waals surface area contributed by atoms with Crippen LogP contribution in [-0.4, -0.2) is 41.4 Å². The van der Waals surface area contributed by atoms with Crippen molar-refractivity contribution in [3.63, 3.8) is 0 Å². The van der Waals surface area contributed by atoms with E-state index >= 15 is 0 Å². The number of nitrogens with zero attached hydrogens (tertiary/aromatic N) is 2. The number of piperidine rings is 1. The molecule has 1 aromatic carbocycles. The molecular weight excluding hydrogens is 358 g/mol. The number of ketones is 1. The van der Waals surface area contributed by atoms with E-state index < -0.39 is 0 Å². The van der Waals surface area contributed by atoms with E-state index in [4.69, 9.17) is 0 Å². The van der Waals surface area contributed by atoms with Crippen LogP contribution in [0, 0.1) is 5.92 Å². The second kappa shape index (κ2) is 10.1. The number of carbonyl (C=O) groups is 1. The van der Waals surface area contributed by atoms with E-state index in [2.05, 4.69) is 54.6 Å². The molecule has 1 aliphatic rings. The van der Waals surface area contributed by atoms with Crippen LogP contribution in [0.15, 0.2) is 42.2 Å². The van der Waals surface area contributed by atoms with Crippen LogP contribution >= 0.6 is 0 Å². The smallest absolute Gasteiger partial charge is 0.210 e. The molecule has 1 N–H and O–H groups in total. The molecule has 0 spiro atoms. The molecular formula is C25H37N3O. The minimum atomic E-state index is 0.104. The Labute approximate surface area is 176 Å². The maximum Gasteiger partial charge on any atom is 0.210 e. The maximum absolute atomic E-state index is 13.4. The Hall–Kier alpha value is -2.07. The van der Waals surface area contributed by atoms with E-state index in [0.29, 0.717) is 6.04 Å². The highest BCUT2D eigenvalue weighted by atomic mass is 16.1. The third kappa shape index (κ3) is 5.11. The molecule has 1 aliphatic heterocycles. The Bertz CT molecular complexity index is 841. The summed E-state index contributed by atoms with van der Waals surface area (Å²) >= 11 is 0. The quantitative estimate of drug-likeness (QED) is 0.456. The van der Waals surface area contributed by atoms with E-state index in [0.717, 1.165) is 47.6 Å². The molecule has 158 valence electrons. The van der Waals surface area contributed by atoms with Gasteiger partial charge in [-0.3, -0.25) is 4.79 Å². The maximum atomic E-state index is 13.4. The van der Waals surface area contributed by atoms with Gasteiger partial charge in [-0.05, 0) is 58.2 Å². The number of aromatic nitrogens is 1. The van der Waals surface area contributed by atoms with E-state index in [9.17, 15) is 4.79 Å². The van der Waals surface area contributed by atoms with Gasteiger partial charge in [-0.2, -0.15) is 0 Å². The number of hydrogen-bond donors (Lipinski definition) is 1. The SMILES string of the molecule is CC/C=C(\NCCN1CCC(CC)CC1)C(=O)c1cn(C(C)C)c2ccccc12. The lowest BCUT2D eigenvalue weighted by molar-refractivity contribution is 0.102. The Morgan fingerprint density at radius 3 is 2.59 bits per heavy atom. The first-order valence-electron chi connectivity index (χ1n) is 11.4. The Morgan fingerprint density at radius 2 is 1.93 bits per heavy atom. The largest absolute Gasteiger partial charge is 0.381 e. The molecule has 29 heavy (non-hydrogen) atoms. The van der Waals surface area contributed by atoms with E-state index in [1.54, 1.807) is 0 Å². The lowest BCUT2D eigenvalue weighted by Gasteiger charge is -2.31. The number of fused-ring (bicyclic) bond motifs is 1. The van der Waals surface area contributed by atoms with Gasteiger partial charge >= 0.3 is 0 Å². The minimum Gasteiger partial charge on any atom is -0.381 e. The lowest BCUT2D eigenvalue weighted by Crippen LogP contribution is -2.38. The predicted octanol–water partition coefficient (Wildman–Crippen LogP) is 5.41. The van der Waals surface area contributed by atoms with Gasteiger partial charge in [0.15, 0.2) is 0 Å².